The summed E-state index contributed by atoms with van der Waals surface area (Å²) in [4.78, 5) is 12.3. The Morgan fingerprint density at radius 2 is 1.48 bits per heavy atom. The van der Waals surface area contributed by atoms with Crippen LogP contribution in [-0.4, -0.2) is 30.1 Å². The van der Waals surface area contributed by atoms with Gasteiger partial charge in [-0.2, -0.15) is 0 Å². The molecule has 5 heteroatoms. The van der Waals surface area contributed by atoms with Gasteiger partial charge in [-0.1, -0.05) is 0 Å². The van der Waals surface area contributed by atoms with Gasteiger partial charge in [0.25, 0.3) is 0 Å². The second-order valence-electron chi connectivity index (χ2n) is 9.53. The summed E-state index contributed by atoms with van der Waals surface area (Å²) in [5.41, 5.74) is 0.381. The summed E-state index contributed by atoms with van der Waals surface area (Å²) in [6.45, 7) is 12.1. The van der Waals surface area contributed by atoms with Crippen LogP contribution in [0.2, 0.25) is 0 Å². The summed E-state index contributed by atoms with van der Waals surface area (Å²) in [5, 5.41) is -2.17. The Morgan fingerprint density at radius 3 is 1.86 bits per heavy atom. The van der Waals surface area contributed by atoms with Gasteiger partial charge >= 0.3 is 186 Å². The fourth-order valence-corrected chi connectivity index (χ4v) is 12.5. The summed E-state index contributed by atoms with van der Waals surface area (Å²) in [7, 11) is 0. The number of carbonyl (C=O) groups excluding carboxylic acids is 1. The van der Waals surface area contributed by atoms with Gasteiger partial charge in [0.1, 0.15) is 0 Å². The SMILES string of the molecule is CCCCP(Br)(CCCC)(CCCC)Cc1ccc(C(=O)OC(C)(C)C)c(F)c1. The molecule has 1 rings (SSSR count). The van der Waals surface area contributed by atoms with E-state index < -0.39 is 22.7 Å². The monoisotopic (exact) mass is 490 g/mol. The van der Waals surface area contributed by atoms with Gasteiger partial charge in [-0.3, -0.25) is 0 Å². The molecule has 0 unspecified atom stereocenters. The van der Waals surface area contributed by atoms with Crippen LogP contribution in [0.5, 0.6) is 0 Å². The van der Waals surface area contributed by atoms with Crippen LogP contribution in [0.1, 0.15) is 96.0 Å². The molecule has 0 aliphatic carbocycles. The van der Waals surface area contributed by atoms with Crippen molar-refractivity contribution in [2.24, 2.45) is 0 Å². The molecule has 0 radical (unpaired) electrons. The van der Waals surface area contributed by atoms with E-state index in [1.807, 2.05) is 6.07 Å². The molecule has 0 fully saturated rings. The van der Waals surface area contributed by atoms with Crippen molar-refractivity contribution >= 4 is 26.8 Å². The third kappa shape index (κ3) is 8.66. The van der Waals surface area contributed by atoms with Gasteiger partial charge in [0.05, 0.1) is 0 Å². The molecule has 1 aromatic carbocycles. The van der Waals surface area contributed by atoms with E-state index in [1.54, 1.807) is 32.9 Å². The molecule has 0 spiro atoms. The van der Waals surface area contributed by atoms with E-state index in [0.717, 1.165) is 11.7 Å². The third-order valence-corrected chi connectivity index (χ3v) is 14.8. The minimum atomic E-state index is -2.17. The maximum atomic E-state index is 14.8. The van der Waals surface area contributed by atoms with E-state index in [2.05, 4.69) is 36.3 Å². The molecule has 0 aliphatic rings. The molecule has 0 amide bonds. The molecule has 0 aliphatic heterocycles. The number of unbranched alkanes of at least 4 members (excludes halogenated alkanes) is 3. The third-order valence-electron chi connectivity index (χ3n) is 5.44. The van der Waals surface area contributed by atoms with E-state index in [1.165, 1.54) is 57.0 Å². The first kappa shape index (κ1) is 26.6. The predicted molar refractivity (Wildman–Crippen MR) is 130 cm³/mol. The number of halogens is 2. The molecule has 1 aromatic rings. The van der Waals surface area contributed by atoms with E-state index in [9.17, 15) is 9.18 Å². The fraction of sp³-hybridized carbons (Fsp3) is 0.708. The predicted octanol–water partition coefficient (Wildman–Crippen LogP) is 8.54. The Balaban J connectivity index is 3.20. The zero-order chi connectivity index (χ0) is 22.2. The van der Waals surface area contributed by atoms with Gasteiger partial charge in [0.15, 0.2) is 0 Å². The Morgan fingerprint density at radius 1 is 1.00 bits per heavy atom. The molecule has 2 nitrogen and oxygen atoms in total. The number of hydrogen-bond acceptors (Lipinski definition) is 2. The topological polar surface area (TPSA) is 26.3 Å². The normalized spacial score (nSPS) is 13.7. The fourth-order valence-electron chi connectivity index (χ4n) is 3.84. The van der Waals surface area contributed by atoms with Crippen LogP contribution in [0.4, 0.5) is 4.39 Å². The summed E-state index contributed by atoms with van der Waals surface area (Å²) >= 11 is 4.36. The van der Waals surface area contributed by atoms with Crippen molar-refractivity contribution in [1.29, 1.82) is 0 Å². The van der Waals surface area contributed by atoms with Gasteiger partial charge < -0.3 is 0 Å². The summed E-state index contributed by atoms with van der Waals surface area (Å²) in [6.07, 6.45) is 11.7. The first-order valence-electron chi connectivity index (χ1n) is 11.2. The van der Waals surface area contributed by atoms with Crippen LogP contribution >= 0.6 is 20.8 Å². The average Bonchev–Trinajstić information content (AvgIpc) is 2.62. The number of carbonyl (C=O) groups is 1. The second kappa shape index (κ2) is 11.2. The molecule has 168 valence electrons. The van der Waals surface area contributed by atoms with E-state index >= 15 is 0 Å². The molecule has 0 aromatic heterocycles. The number of rotatable bonds is 12. The second-order valence-corrected chi connectivity index (χ2v) is 20.8. The van der Waals surface area contributed by atoms with E-state index in [-0.39, 0.29) is 5.56 Å². The first-order valence-corrected chi connectivity index (χ1v) is 16.2. The summed E-state index contributed by atoms with van der Waals surface area (Å²) < 4.78 is 20.2. The molecule has 29 heavy (non-hydrogen) atoms. The van der Waals surface area contributed by atoms with Gasteiger partial charge in [-0.15, -0.1) is 0 Å². The van der Waals surface area contributed by atoms with Crippen LogP contribution in [0.25, 0.3) is 0 Å². The van der Waals surface area contributed by atoms with Crippen molar-refractivity contribution in [2.75, 3.05) is 18.5 Å². The number of benzene rings is 1. The minimum absolute atomic E-state index is 0.0224. The quantitative estimate of drug-likeness (QED) is 0.216. The summed E-state index contributed by atoms with van der Waals surface area (Å²) in [6, 6.07) is 5.09. The molecule has 0 saturated heterocycles. The van der Waals surface area contributed by atoms with Gasteiger partial charge in [0, 0.05) is 0 Å². The van der Waals surface area contributed by atoms with Gasteiger partial charge in [0.2, 0.25) is 0 Å². The van der Waals surface area contributed by atoms with Gasteiger partial charge in [-0.25, -0.2) is 0 Å². The van der Waals surface area contributed by atoms with Crippen molar-refractivity contribution in [3.05, 3.63) is 35.1 Å². The van der Waals surface area contributed by atoms with Crippen LogP contribution in [0.3, 0.4) is 0 Å². The van der Waals surface area contributed by atoms with Crippen molar-refractivity contribution in [3.8, 4) is 0 Å². The van der Waals surface area contributed by atoms with Crippen LogP contribution in [0.15, 0.2) is 18.2 Å². The van der Waals surface area contributed by atoms with E-state index in [4.69, 9.17) is 4.74 Å². The Kier molecular flexibility index (Phi) is 10.3. The van der Waals surface area contributed by atoms with Crippen LogP contribution in [0, 0.1) is 5.82 Å². The molecular formula is C24H41BrFO2P. The molecule has 0 N–H and O–H groups in total. The first-order chi connectivity index (χ1) is 13.5. The van der Waals surface area contributed by atoms with E-state index in [0.29, 0.717) is 0 Å². The maximum absolute atomic E-state index is 14.8. The number of hydrogen-bond donors (Lipinski definition) is 0. The van der Waals surface area contributed by atoms with Crippen LogP contribution < -0.4 is 0 Å². The molecular weight excluding hydrogens is 450 g/mol. The Hall–Kier alpha value is -0.470. The van der Waals surface area contributed by atoms with Crippen molar-refractivity contribution < 1.29 is 13.9 Å². The molecule has 0 atom stereocenters. The van der Waals surface area contributed by atoms with Gasteiger partial charge in [-0.05, 0) is 0 Å². The number of ether oxygens (including phenoxy) is 1. The van der Waals surface area contributed by atoms with Crippen molar-refractivity contribution in [2.45, 2.75) is 91.8 Å². The molecule has 0 heterocycles. The number of esters is 1. The Bertz CT molecular complexity index is 645. The Labute approximate surface area is 186 Å². The standard InChI is InChI=1S/C24H41BrFO2P/c1-7-10-15-29(25,16-11-8-2,17-12-9-3)19-20-13-14-21(22(26)18-20)23(27)28-24(4,5)6/h13-14,18H,7-12,15-17,19H2,1-6H3. The van der Waals surface area contributed by atoms with Crippen LogP contribution in [-0.2, 0) is 10.9 Å². The zero-order valence-electron chi connectivity index (χ0n) is 19.3. The molecule has 0 saturated carbocycles. The molecule has 0 bridgehead atoms. The van der Waals surface area contributed by atoms with Crippen molar-refractivity contribution in [3.63, 3.8) is 0 Å². The summed E-state index contributed by atoms with van der Waals surface area (Å²) in [5.74, 6) is -1.07. The zero-order valence-corrected chi connectivity index (χ0v) is 21.8. The average molecular weight is 491 g/mol. The van der Waals surface area contributed by atoms with Crippen molar-refractivity contribution in [1.82, 2.24) is 0 Å².